The lowest BCUT2D eigenvalue weighted by Gasteiger charge is -2.71. The van der Waals surface area contributed by atoms with Gasteiger partial charge in [0.25, 0.3) is 0 Å². The Labute approximate surface area is 199 Å². The van der Waals surface area contributed by atoms with E-state index in [-0.39, 0.29) is 40.7 Å². The SMILES string of the molecule is C=C1C[C@H]([C@H]2CC34C=C[C@@]2(OC)[C@@H]2Oc5c(O)ccc6c5[C@@]23CCN(CC2CC2)[C@@H]4C6)OC1=O. The fourth-order valence-corrected chi connectivity index (χ4v) is 9.07. The molecule has 9 rings (SSSR count). The number of hydrogen-bond donors (Lipinski definition) is 1. The number of aromatic hydroxyl groups is 1. The molecule has 4 bridgehead atoms. The quantitative estimate of drug-likeness (QED) is 0.422. The summed E-state index contributed by atoms with van der Waals surface area (Å²) in [6.45, 7) is 6.16. The Hall–Kier alpha value is -2.31. The zero-order chi connectivity index (χ0) is 23.0. The number of ether oxygens (including phenoxy) is 3. The third-order valence-corrected chi connectivity index (χ3v) is 10.6. The topological polar surface area (TPSA) is 68.2 Å². The molecule has 6 nitrogen and oxygen atoms in total. The summed E-state index contributed by atoms with van der Waals surface area (Å²) in [5.74, 6) is 1.38. The predicted octanol–water partition coefficient (Wildman–Crippen LogP) is 3.26. The van der Waals surface area contributed by atoms with Gasteiger partial charge in [-0.2, -0.15) is 0 Å². The summed E-state index contributed by atoms with van der Waals surface area (Å²) in [5.41, 5.74) is 1.98. The molecule has 3 aliphatic heterocycles. The number of cyclic esters (lactones) is 1. The van der Waals surface area contributed by atoms with Gasteiger partial charge in [0.2, 0.25) is 0 Å². The first-order valence-electron chi connectivity index (χ1n) is 12.8. The molecular weight excluding hydrogens is 430 g/mol. The predicted molar refractivity (Wildman–Crippen MR) is 124 cm³/mol. The second-order valence-electron chi connectivity index (χ2n) is 11.8. The van der Waals surface area contributed by atoms with Gasteiger partial charge in [-0.3, -0.25) is 4.90 Å². The summed E-state index contributed by atoms with van der Waals surface area (Å²) in [5, 5.41) is 10.9. The van der Waals surface area contributed by atoms with Gasteiger partial charge < -0.3 is 19.3 Å². The number of methoxy groups -OCH3 is 1. The lowest BCUT2D eigenvalue weighted by molar-refractivity contribution is -0.232. The highest BCUT2D eigenvalue weighted by Crippen LogP contribution is 2.75. The first-order chi connectivity index (χ1) is 16.4. The molecule has 8 aliphatic rings. The number of likely N-dealkylation sites (tertiary alicyclic amines) is 1. The molecule has 2 saturated carbocycles. The van der Waals surface area contributed by atoms with E-state index in [1.54, 1.807) is 13.2 Å². The summed E-state index contributed by atoms with van der Waals surface area (Å²) < 4.78 is 19.1. The van der Waals surface area contributed by atoms with Crippen molar-refractivity contribution in [3.63, 3.8) is 0 Å². The van der Waals surface area contributed by atoms with Crippen LogP contribution in [0.4, 0.5) is 0 Å². The zero-order valence-electron chi connectivity index (χ0n) is 19.6. The molecule has 0 radical (unpaired) electrons. The van der Waals surface area contributed by atoms with E-state index in [0.29, 0.717) is 23.8 Å². The molecule has 178 valence electrons. The van der Waals surface area contributed by atoms with E-state index in [2.05, 4.69) is 29.7 Å². The highest BCUT2D eigenvalue weighted by Gasteiger charge is 2.80. The standard InChI is InChI=1S/C28H31NO5/c1-15-11-20(33-24(15)31)18-13-26-7-8-28(18,32-2)25-27(26)9-10-29(14-16-3-4-16)21(26)12-17-5-6-19(30)23(34-25)22(17)27/h5-8,16,18,20-21,25,30H,1,3-4,9-14H2,2H3/t18-,20-,21-,25-,26?,27+,28+/m1/s1. The summed E-state index contributed by atoms with van der Waals surface area (Å²) in [7, 11) is 1.76. The molecule has 2 saturated heterocycles. The smallest absolute Gasteiger partial charge is 0.333 e. The van der Waals surface area contributed by atoms with Crippen molar-refractivity contribution >= 4 is 5.97 Å². The number of nitrogens with zero attached hydrogens (tertiary/aromatic N) is 1. The minimum absolute atomic E-state index is 0.0230. The third-order valence-electron chi connectivity index (χ3n) is 10.6. The van der Waals surface area contributed by atoms with Crippen LogP contribution in [0.25, 0.3) is 0 Å². The van der Waals surface area contributed by atoms with Crippen LogP contribution in [0.3, 0.4) is 0 Å². The van der Waals surface area contributed by atoms with E-state index in [9.17, 15) is 9.90 Å². The molecule has 6 heteroatoms. The molecule has 0 aromatic heterocycles. The second-order valence-corrected chi connectivity index (χ2v) is 11.8. The maximum atomic E-state index is 12.4. The van der Waals surface area contributed by atoms with Gasteiger partial charge in [-0.15, -0.1) is 0 Å². The van der Waals surface area contributed by atoms with Crippen LogP contribution < -0.4 is 4.74 Å². The van der Waals surface area contributed by atoms with E-state index < -0.39 is 5.60 Å². The van der Waals surface area contributed by atoms with Crippen molar-refractivity contribution in [3.8, 4) is 11.5 Å². The van der Waals surface area contributed by atoms with Crippen LogP contribution >= 0.6 is 0 Å². The highest BCUT2D eigenvalue weighted by molar-refractivity contribution is 5.90. The van der Waals surface area contributed by atoms with Gasteiger partial charge in [-0.05, 0) is 56.2 Å². The van der Waals surface area contributed by atoms with Crippen molar-refractivity contribution in [1.82, 2.24) is 4.90 Å². The third kappa shape index (κ3) is 2.03. The summed E-state index contributed by atoms with van der Waals surface area (Å²) in [6, 6.07) is 4.29. The Morgan fingerprint density at radius 2 is 2.09 bits per heavy atom. The molecule has 1 unspecified atom stereocenters. The monoisotopic (exact) mass is 461 g/mol. The van der Waals surface area contributed by atoms with Gasteiger partial charge in [0.1, 0.15) is 17.8 Å². The number of esters is 1. The molecule has 0 amide bonds. The van der Waals surface area contributed by atoms with Crippen LogP contribution in [0.2, 0.25) is 0 Å². The van der Waals surface area contributed by atoms with Gasteiger partial charge in [0.05, 0.1) is 5.41 Å². The van der Waals surface area contributed by atoms with Crippen molar-refractivity contribution in [2.75, 3.05) is 20.2 Å². The first-order valence-corrected chi connectivity index (χ1v) is 12.8. The number of phenols is 1. The van der Waals surface area contributed by atoms with Crippen molar-refractivity contribution < 1.29 is 24.1 Å². The molecule has 1 aromatic rings. The number of benzene rings is 1. The molecule has 34 heavy (non-hydrogen) atoms. The van der Waals surface area contributed by atoms with Crippen LogP contribution in [-0.2, 0) is 26.1 Å². The lowest BCUT2D eigenvalue weighted by atomic mass is 9.36. The van der Waals surface area contributed by atoms with E-state index in [1.807, 2.05) is 0 Å². The number of fused-ring (bicyclic) bond motifs is 1. The Morgan fingerprint density at radius 1 is 1.24 bits per heavy atom. The number of carbonyl (C=O) groups excluding carboxylic acids is 1. The molecule has 1 N–H and O–H groups in total. The van der Waals surface area contributed by atoms with Crippen LogP contribution in [0.1, 0.15) is 43.2 Å². The molecule has 1 aromatic carbocycles. The summed E-state index contributed by atoms with van der Waals surface area (Å²) in [4.78, 5) is 15.1. The van der Waals surface area contributed by atoms with E-state index in [4.69, 9.17) is 14.2 Å². The Bertz CT molecular complexity index is 1170. The largest absolute Gasteiger partial charge is 0.504 e. The van der Waals surface area contributed by atoms with Crippen LogP contribution in [-0.4, -0.2) is 60.0 Å². The minimum atomic E-state index is -0.722. The second kappa shape index (κ2) is 6.08. The van der Waals surface area contributed by atoms with Crippen LogP contribution in [0.15, 0.2) is 36.4 Å². The number of rotatable bonds is 4. The summed E-state index contributed by atoms with van der Waals surface area (Å²) >= 11 is 0. The van der Waals surface area contributed by atoms with Crippen molar-refractivity contribution in [1.29, 1.82) is 0 Å². The maximum absolute atomic E-state index is 12.4. The van der Waals surface area contributed by atoms with E-state index >= 15 is 0 Å². The molecular formula is C28H31NO5. The average Bonchev–Trinajstić information content (AvgIpc) is 3.48. The van der Waals surface area contributed by atoms with Crippen LogP contribution in [0, 0.1) is 17.3 Å². The van der Waals surface area contributed by atoms with Gasteiger partial charge >= 0.3 is 5.97 Å². The average molecular weight is 462 g/mol. The molecule has 7 atom stereocenters. The number of phenolic OH excluding ortho intramolecular Hbond substituents is 1. The lowest BCUT2D eigenvalue weighted by Crippen LogP contribution is -2.80. The number of piperidine rings is 1. The van der Waals surface area contributed by atoms with Gasteiger partial charge in [-0.1, -0.05) is 24.8 Å². The fraction of sp³-hybridized carbons (Fsp3) is 0.607. The molecule has 2 spiro atoms. The molecule has 5 aliphatic carbocycles. The van der Waals surface area contributed by atoms with E-state index in [0.717, 1.165) is 38.3 Å². The van der Waals surface area contributed by atoms with Gasteiger partial charge in [0, 0.05) is 48.6 Å². The fourth-order valence-electron chi connectivity index (χ4n) is 9.07. The highest BCUT2D eigenvalue weighted by atomic mass is 16.6. The van der Waals surface area contributed by atoms with Crippen molar-refractivity contribution in [2.45, 2.75) is 67.8 Å². The maximum Gasteiger partial charge on any atom is 0.333 e. The number of hydrogen-bond acceptors (Lipinski definition) is 6. The van der Waals surface area contributed by atoms with Gasteiger partial charge in [-0.25, -0.2) is 4.79 Å². The van der Waals surface area contributed by atoms with Crippen LogP contribution in [0.5, 0.6) is 11.5 Å². The Balaban J connectivity index is 1.36. The van der Waals surface area contributed by atoms with Gasteiger partial charge in [0.15, 0.2) is 11.5 Å². The first kappa shape index (κ1) is 19.9. The minimum Gasteiger partial charge on any atom is -0.504 e. The molecule has 3 heterocycles. The normalized spacial score (nSPS) is 45.3. The van der Waals surface area contributed by atoms with E-state index in [1.165, 1.54) is 24.0 Å². The number of carbonyl (C=O) groups is 1. The molecule has 4 fully saturated rings. The zero-order valence-corrected chi connectivity index (χ0v) is 19.6. The Morgan fingerprint density at radius 3 is 2.82 bits per heavy atom. The Kier molecular flexibility index (Phi) is 3.57. The van der Waals surface area contributed by atoms with Crippen molar-refractivity contribution in [2.24, 2.45) is 17.3 Å². The van der Waals surface area contributed by atoms with Crippen molar-refractivity contribution in [3.05, 3.63) is 47.6 Å². The summed E-state index contributed by atoms with van der Waals surface area (Å²) in [6.07, 6.45) is 10.2.